The summed E-state index contributed by atoms with van der Waals surface area (Å²) in [6.45, 7) is 12.5. The number of H-pyrrole nitrogens is 1. The summed E-state index contributed by atoms with van der Waals surface area (Å²) >= 11 is 0. The maximum absolute atomic E-state index is 6.46. The first-order valence-corrected chi connectivity index (χ1v) is 12.9. The Morgan fingerprint density at radius 3 is 2.13 bits per heavy atom. The lowest BCUT2D eigenvalue weighted by molar-refractivity contribution is -0.00129. The highest BCUT2D eigenvalue weighted by molar-refractivity contribution is 5.80. The number of methoxy groups -OCH3 is 2. The quantitative estimate of drug-likeness (QED) is 0.235. The van der Waals surface area contributed by atoms with Crippen LogP contribution in [-0.4, -0.2) is 39.9 Å². The molecule has 5 aromatic rings. The SMILES string of the molecule is COc1cc(-c2nc(-c3ccc(-c4nc5cc(C)ccc5[nH]4)cc3)no2)cc(OC(C)(C)C(C)(C)C)c1OC. The largest absolute Gasteiger partial charge is 0.493 e. The van der Waals surface area contributed by atoms with Gasteiger partial charge < -0.3 is 23.7 Å². The van der Waals surface area contributed by atoms with Crippen LogP contribution in [0.5, 0.6) is 17.2 Å². The fraction of sp³-hybridized carbons (Fsp3) is 0.323. The van der Waals surface area contributed by atoms with Crippen molar-refractivity contribution in [1.82, 2.24) is 20.1 Å². The molecule has 2 heterocycles. The number of aryl methyl sites for hydroxylation is 1. The highest BCUT2D eigenvalue weighted by Gasteiger charge is 2.36. The summed E-state index contributed by atoms with van der Waals surface area (Å²) in [7, 11) is 3.18. The molecule has 0 amide bonds. The van der Waals surface area contributed by atoms with E-state index in [1.54, 1.807) is 20.3 Å². The highest BCUT2D eigenvalue weighted by Crippen LogP contribution is 2.45. The molecule has 3 aromatic carbocycles. The van der Waals surface area contributed by atoms with Gasteiger partial charge in [-0.15, -0.1) is 0 Å². The third-order valence-electron chi connectivity index (χ3n) is 7.34. The molecule has 0 bridgehead atoms. The standard InChI is InChI=1S/C31H34N4O4/c1-18-9-14-22-23(15-18)33-27(32-22)19-10-12-20(13-11-19)28-34-29(39-35-28)21-16-24(36-7)26(37-8)25(17-21)38-31(5,6)30(2,3)4/h9-17H,1-8H3,(H,32,33). The number of fused-ring (bicyclic) bond motifs is 1. The fourth-order valence-electron chi connectivity index (χ4n) is 4.04. The van der Waals surface area contributed by atoms with Gasteiger partial charge in [-0.1, -0.05) is 56.3 Å². The van der Waals surface area contributed by atoms with Gasteiger partial charge in [-0.25, -0.2) is 4.98 Å². The lowest BCUT2D eigenvalue weighted by atomic mass is 9.79. The molecule has 0 saturated carbocycles. The molecule has 0 spiro atoms. The molecule has 0 radical (unpaired) electrons. The topological polar surface area (TPSA) is 95.3 Å². The van der Waals surface area contributed by atoms with Gasteiger partial charge in [0, 0.05) is 22.1 Å². The molecular formula is C31H34N4O4. The first kappa shape index (κ1) is 26.3. The average molecular weight is 527 g/mol. The molecule has 0 atom stereocenters. The maximum Gasteiger partial charge on any atom is 0.258 e. The molecule has 8 heteroatoms. The Labute approximate surface area is 228 Å². The number of aromatic nitrogens is 4. The van der Waals surface area contributed by atoms with Gasteiger partial charge in [0.25, 0.3) is 5.89 Å². The molecule has 8 nitrogen and oxygen atoms in total. The molecule has 5 rings (SSSR count). The predicted molar refractivity (Wildman–Crippen MR) is 152 cm³/mol. The van der Waals surface area contributed by atoms with Crippen LogP contribution in [0.25, 0.3) is 45.3 Å². The summed E-state index contributed by atoms with van der Waals surface area (Å²) < 4.78 is 23.4. The minimum absolute atomic E-state index is 0.133. The lowest BCUT2D eigenvalue weighted by Crippen LogP contribution is -2.42. The van der Waals surface area contributed by atoms with Crippen LogP contribution in [0.1, 0.15) is 40.2 Å². The van der Waals surface area contributed by atoms with Crippen LogP contribution in [0.2, 0.25) is 0 Å². The Balaban J connectivity index is 1.45. The number of rotatable bonds is 7. The van der Waals surface area contributed by atoms with Crippen LogP contribution in [0.4, 0.5) is 0 Å². The van der Waals surface area contributed by atoms with E-state index in [-0.39, 0.29) is 5.41 Å². The first-order chi connectivity index (χ1) is 18.5. The number of aromatic amines is 1. The smallest absolute Gasteiger partial charge is 0.258 e. The lowest BCUT2D eigenvalue weighted by Gasteiger charge is -2.39. The van der Waals surface area contributed by atoms with Crippen molar-refractivity contribution in [2.45, 2.75) is 47.1 Å². The molecule has 1 N–H and O–H groups in total. The summed E-state index contributed by atoms with van der Waals surface area (Å²) in [5.74, 6) is 3.20. The van der Waals surface area contributed by atoms with Crippen molar-refractivity contribution in [1.29, 1.82) is 0 Å². The van der Waals surface area contributed by atoms with E-state index < -0.39 is 5.60 Å². The van der Waals surface area contributed by atoms with E-state index in [9.17, 15) is 0 Å². The van der Waals surface area contributed by atoms with Gasteiger partial charge in [-0.2, -0.15) is 4.98 Å². The molecule has 0 aliphatic rings. The minimum Gasteiger partial charge on any atom is -0.493 e. The maximum atomic E-state index is 6.46. The van der Waals surface area contributed by atoms with E-state index in [1.165, 1.54) is 5.56 Å². The molecule has 0 aliphatic carbocycles. The Bertz CT molecular complexity index is 1630. The molecule has 0 saturated heterocycles. The second-order valence-corrected chi connectivity index (χ2v) is 11.2. The van der Waals surface area contributed by atoms with Crippen LogP contribution >= 0.6 is 0 Å². The number of ether oxygens (including phenoxy) is 3. The zero-order valence-electron chi connectivity index (χ0n) is 23.7. The Morgan fingerprint density at radius 1 is 0.769 bits per heavy atom. The van der Waals surface area contributed by atoms with E-state index >= 15 is 0 Å². The monoisotopic (exact) mass is 526 g/mol. The van der Waals surface area contributed by atoms with Gasteiger partial charge >= 0.3 is 0 Å². The first-order valence-electron chi connectivity index (χ1n) is 12.9. The van der Waals surface area contributed by atoms with Crippen LogP contribution < -0.4 is 14.2 Å². The van der Waals surface area contributed by atoms with E-state index in [0.29, 0.717) is 34.5 Å². The molecule has 0 unspecified atom stereocenters. The molecule has 2 aromatic heterocycles. The van der Waals surface area contributed by atoms with Gasteiger partial charge in [0.15, 0.2) is 11.5 Å². The molecule has 0 aliphatic heterocycles. The number of hydrogen-bond donors (Lipinski definition) is 1. The fourth-order valence-corrected chi connectivity index (χ4v) is 4.04. The number of benzene rings is 3. The highest BCUT2D eigenvalue weighted by atomic mass is 16.5. The Kier molecular flexibility index (Phi) is 6.58. The summed E-state index contributed by atoms with van der Waals surface area (Å²) in [6.07, 6.45) is 0. The van der Waals surface area contributed by atoms with Crippen LogP contribution in [-0.2, 0) is 0 Å². The molecule has 202 valence electrons. The summed E-state index contributed by atoms with van der Waals surface area (Å²) in [6, 6.07) is 17.7. The van der Waals surface area contributed by atoms with E-state index in [0.717, 1.165) is 28.0 Å². The van der Waals surface area contributed by atoms with Gasteiger partial charge in [-0.3, -0.25) is 0 Å². The second kappa shape index (κ2) is 9.76. The van der Waals surface area contributed by atoms with E-state index in [1.807, 2.05) is 50.2 Å². The third kappa shape index (κ3) is 5.06. The van der Waals surface area contributed by atoms with Gasteiger partial charge in [0.1, 0.15) is 11.4 Å². The van der Waals surface area contributed by atoms with Crippen LogP contribution in [0, 0.1) is 12.3 Å². The normalized spacial score (nSPS) is 12.1. The van der Waals surface area contributed by atoms with Crippen LogP contribution in [0.3, 0.4) is 0 Å². The predicted octanol–water partition coefficient (Wildman–Crippen LogP) is 7.48. The second-order valence-electron chi connectivity index (χ2n) is 11.2. The van der Waals surface area contributed by atoms with Gasteiger partial charge in [0.05, 0.1) is 25.3 Å². The summed E-state index contributed by atoms with van der Waals surface area (Å²) in [5, 5.41) is 4.23. The van der Waals surface area contributed by atoms with Crippen molar-refractivity contribution < 1.29 is 18.7 Å². The summed E-state index contributed by atoms with van der Waals surface area (Å²) in [5.41, 5.74) is 4.96. The van der Waals surface area contributed by atoms with Crippen molar-refractivity contribution >= 4 is 11.0 Å². The minimum atomic E-state index is -0.496. The number of imidazole rings is 1. The van der Waals surface area contributed by atoms with Crippen molar-refractivity contribution in [2.24, 2.45) is 5.41 Å². The Hall–Kier alpha value is -4.33. The average Bonchev–Trinajstić information content (AvgIpc) is 3.55. The molecule has 0 fully saturated rings. The van der Waals surface area contributed by atoms with Gasteiger partial charge in [-0.05, 0) is 50.6 Å². The van der Waals surface area contributed by atoms with Crippen molar-refractivity contribution in [3.8, 4) is 51.5 Å². The van der Waals surface area contributed by atoms with Crippen molar-refractivity contribution in [3.05, 3.63) is 60.2 Å². The Morgan fingerprint density at radius 2 is 1.46 bits per heavy atom. The van der Waals surface area contributed by atoms with E-state index in [4.69, 9.17) is 23.7 Å². The zero-order chi connectivity index (χ0) is 27.9. The molecular weight excluding hydrogens is 492 g/mol. The van der Waals surface area contributed by atoms with Crippen molar-refractivity contribution in [2.75, 3.05) is 14.2 Å². The number of hydrogen-bond acceptors (Lipinski definition) is 7. The van der Waals surface area contributed by atoms with Crippen LogP contribution in [0.15, 0.2) is 59.1 Å². The number of nitrogens with zero attached hydrogens (tertiary/aromatic N) is 3. The van der Waals surface area contributed by atoms with E-state index in [2.05, 4.69) is 55.0 Å². The third-order valence-corrected chi connectivity index (χ3v) is 7.34. The van der Waals surface area contributed by atoms with Gasteiger partial charge in [0.2, 0.25) is 11.6 Å². The zero-order valence-corrected chi connectivity index (χ0v) is 23.7. The number of nitrogens with one attached hydrogen (secondary N) is 1. The van der Waals surface area contributed by atoms with Crippen molar-refractivity contribution in [3.63, 3.8) is 0 Å². The molecule has 39 heavy (non-hydrogen) atoms. The summed E-state index contributed by atoms with van der Waals surface area (Å²) in [4.78, 5) is 12.8.